The van der Waals surface area contributed by atoms with Gasteiger partial charge in [-0.3, -0.25) is 14.2 Å². The largest absolute Gasteiger partial charge is 0.356 e. The fraction of sp³-hybridized carbons (Fsp3) is 0.533. The van der Waals surface area contributed by atoms with E-state index in [1.54, 1.807) is 0 Å². The van der Waals surface area contributed by atoms with Gasteiger partial charge in [-0.25, -0.2) is 0 Å². The number of aromatic nitrogens is 4. The Morgan fingerprint density at radius 2 is 2.00 bits per heavy atom. The first-order valence-electron chi connectivity index (χ1n) is 7.54. The van der Waals surface area contributed by atoms with Gasteiger partial charge in [0.1, 0.15) is 0 Å². The zero-order valence-electron chi connectivity index (χ0n) is 13.6. The molecule has 6 nitrogen and oxygen atoms in total. The molecular weight excluding hydrogens is 429 g/mol. The third-order valence-corrected chi connectivity index (χ3v) is 5.36. The summed E-state index contributed by atoms with van der Waals surface area (Å²) in [6, 6.07) is 0. The van der Waals surface area contributed by atoms with Crippen molar-refractivity contribution in [3.63, 3.8) is 0 Å². The molecule has 0 spiro atoms. The standard InChI is InChI=1S/C15H21ClIN5O/c1-10-15(16)12(3)22(20-10)7-4-6-18-14(23)5-8-21-11(2)13(17)9-19-21/h9H,4-8H2,1-3H3,(H,18,23). The SMILES string of the molecule is Cc1nn(CCCNC(=O)CCn2ncc(I)c2C)c(C)c1Cl. The Hall–Kier alpha value is -1.09. The van der Waals surface area contributed by atoms with Crippen molar-refractivity contribution < 1.29 is 4.79 Å². The van der Waals surface area contributed by atoms with Crippen LogP contribution in [0.3, 0.4) is 0 Å². The number of amides is 1. The fourth-order valence-corrected chi connectivity index (χ4v) is 2.83. The number of carbonyl (C=O) groups is 1. The number of hydrogen-bond donors (Lipinski definition) is 1. The van der Waals surface area contributed by atoms with Gasteiger partial charge in [0.05, 0.1) is 26.2 Å². The lowest BCUT2D eigenvalue weighted by Crippen LogP contribution is -2.26. The molecule has 0 atom stereocenters. The van der Waals surface area contributed by atoms with Crippen molar-refractivity contribution in [2.75, 3.05) is 6.54 Å². The Morgan fingerprint density at radius 1 is 1.26 bits per heavy atom. The molecule has 0 aliphatic carbocycles. The van der Waals surface area contributed by atoms with E-state index in [4.69, 9.17) is 11.6 Å². The minimum Gasteiger partial charge on any atom is -0.356 e. The Morgan fingerprint density at radius 3 is 2.57 bits per heavy atom. The number of nitrogens with one attached hydrogen (secondary N) is 1. The lowest BCUT2D eigenvalue weighted by Gasteiger charge is -2.08. The van der Waals surface area contributed by atoms with Crippen molar-refractivity contribution in [3.05, 3.63) is 31.9 Å². The molecule has 2 heterocycles. The molecule has 126 valence electrons. The summed E-state index contributed by atoms with van der Waals surface area (Å²) in [5.41, 5.74) is 2.91. The topological polar surface area (TPSA) is 64.7 Å². The third kappa shape index (κ3) is 4.69. The molecule has 8 heteroatoms. The molecule has 23 heavy (non-hydrogen) atoms. The number of nitrogens with zero attached hydrogens (tertiary/aromatic N) is 4. The van der Waals surface area contributed by atoms with E-state index < -0.39 is 0 Å². The highest BCUT2D eigenvalue weighted by molar-refractivity contribution is 14.1. The number of carbonyl (C=O) groups excluding carboxylic acids is 1. The number of hydrogen-bond acceptors (Lipinski definition) is 3. The summed E-state index contributed by atoms with van der Waals surface area (Å²) in [7, 11) is 0. The van der Waals surface area contributed by atoms with Crippen LogP contribution in [-0.2, 0) is 17.9 Å². The average Bonchev–Trinajstić information content (AvgIpc) is 2.97. The van der Waals surface area contributed by atoms with E-state index in [1.165, 1.54) is 0 Å². The van der Waals surface area contributed by atoms with E-state index >= 15 is 0 Å². The lowest BCUT2D eigenvalue weighted by atomic mass is 10.3. The number of halogens is 2. The summed E-state index contributed by atoms with van der Waals surface area (Å²) in [4.78, 5) is 11.9. The zero-order valence-corrected chi connectivity index (χ0v) is 16.5. The molecule has 0 aromatic carbocycles. The van der Waals surface area contributed by atoms with E-state index in [0.29, 0.717) is 19.5 Å². The predicted molar refractivity (Wildman–Crippen MR) is 98.6 cm³/mol. The Balaban J connectivity index is 1.69. The van der Waals surface area contributed by atoms with Gasteiger partial charge in [-0.2, -0.15) is 10.2 Å². The highest BCUT2D eigenvalue weighted by Gasteiger charge is 2.09. The van der Waals surface area contributed by atoms with Crippen molar-refractivity contribution in [2.45, 2.75) is 46.7 Å². The van der Waals surface area contributed by atoms with Crippen LogP contribution < -0.4 is 5.32 Å². The molecule has 0 saturated heterocycles. The fourth-order valence-electron chi connectivity index (χ4n) is 2.29. The highest BCUT2D eigenvalue weighted by Crippen LogP contribution is 2.18. The first-order chi connectivity index (χ1) is 10.9. The summed E-state index contributed by atoms with van der Waals surface area (Å²) >= 11 is 8.35. The van der Waals surface area contributed by atoms with Gasteiger partial charge in [0.2, 0.25) is 5.91 Å². The van der Waals surface area contributed by atoms with Crippen molar-refractivity contribution in [1.29, 1.82) is 0 Å². The molecule has 1 amide bonds. The minimum absolute atomic E-state index is 0.0429. The summed E-state index contributed by atoms with van der Waals surface area (Å²) < 4.78 is 4.87. The van der Waals surface area contributed by atoms with Gasteiger partial charge in [-0.15, -0.1) is 0 Å². The van der Waals surface area contributed by atoms with Gasteiger partial charge in [-0.05, 0) is 49.8 Å². The summed E-state index contributed by atoms with van der Waals surface area (Å²) in [5.74, 6) is 0.0429. The molecule has 0 unspecified atom stereocenters. The maximum absolute atomic E-state index is 11.9. The van der Waals surface area contributed by atoms with Gasteiger partial charge < -0.3 is 5.32 Å². The van der Waals surface area contributed by atoms with Crippen LogP contribution in [0.15, 0.2) is 6.20 Å². The molecule has 2 aromatic rings. The van der Waals surface area contributed by atoms with Crippen LogP contribution in [0.4, 0.5) is 0 Å². The van der Waals surface area contributed by atoms with Crippen LogP contribution in [0.1, 0.15) is 29.9 Å². The van der Waals surface area contributed by atoms with E-state index in [-0.39, 0.29) is 5.91 Å². The highest BCUT2D eigenvalue weighted by atomic mass is 127. The van der Waals surface area contributed by atoms with E-state index in [9.17, 15) is 4.79 Å². The smallest absolute Gasteiger partial charge is 0.221 e. The van der Waals surface area contributed by atoms with Crippen LogP contribution in [0, 0.1) is 24.3 Å². The molecule has 2 aromatic heterocycles. The number of rotatable bonds is 7. The lowest BCUT2D eigenvalue weighted by molar-refractivity contribution is -0.121. The third-order valence-electron chi connectivity index (χ3n) is 3.76. The molecule has 0 aliphatic heterocycles. The summed E-state index contributed by atoms with van der Waals surface area (Å²) in [6.07, 6.45) is 3.07. The second-order valence-corrected chi connectivity index (χ2v) is 7.00. The van der Waals surface area contributed by atoms with Gasteiger partial charge in [0, 0.05) is 31.7 Å². The van der Waals surface area contributed by atoms with Crippen LogP contribution in [0.5, 0.6) is 0 Å². The van der Waals surface area contributed by atoms with Crippen LogP contribution >= 0.6 is 34.2 Å². The van der Waals surface area contributed by atoms with Crippen molar-refractivity contribution >= 4 is 40.1 Å². The minimum atomic E-state index is 0.0429. The molecule has 2 rings (SSSR count). The molecule has 0 radical (unpaired) electrons. The normalized spacial score (nSPS) is 11.0. The van der Waals surface area contributed by atoms with Gasteiger partial charge in [0.25, 0.3) is 0 Å². The Kier molecular flexibility index (Phi) is 6.46. The van der Waals surface area contributed by atoms with Gasteiger partial charge in [0.15, 0.2) is 0 Å². The second kappa shape index (κ2) is 8.14. The summed E-state index contributed by atoms with van der Waals surface area (Å²) in [5, 5.41) is 12.3. The average molecular weight is 450 g/mol. The molecular formula is C15H21ClIN5O. The molecule has 0 fully saturated rings. The van der Waals surface area contributed by atoms with Crippen molar-refractivity contribution in [3.8, 4) is 0 Å². The predicted octanol–water partition coefficient (Wildman–Crippen LogP) is 2.86. The Bertz CT molecular complexity index is 694. The van der Waals surface area contributed by atoms with Gasteiger partial charge in [-0.1, -0.05) is 11.6 Å². The molecule has 1 N–H and O–H groups in total. The van der Waals surface area contributed by atoms with Crippen LogP contribution in [0.2, 0.25) is 5.02 Å². The van der Waals surface area contributed by atoms with Crippen molar-refractivity contribution in [2.24, 2.45) is 0 Å². The molecule has 0 aliphatic rings. The van der Waals surface area contributed by atoms with E-state index in [0.717, 1.165) is 38.6 Å². The maximum Gasteiger partial charge on any atom is 0.221 e. The molecule has 0 saturated carbocycles. The van der Waals surface area contributed by atoms with Crippen LogP contribution in [0.25, 0.3) is 0 Å². The second-order valence-electron chi connectivity index (χ2n) is 5.46. The first-order valence-corrected chi connectivity index (χ1v) is 9.00. The first kappa shape index (κ1) is 18.3. The van der Waals surface area contributed by atoms with Crippen LogP contribution in [-0.4, -0.2) is 32.0 Å². The summed E-state index contributed by atoms with van der Waals surface area (Å²) in [6.45, 7) is 7.83. The molecule has 0 bridgehead atoms. The Labute approximate surface area is 154 Å². The van der Waals surface area contributed by atoms with E-state index in [2.05, 4.69) is 38.1 Å². The van der Waals surface area contributed by atoms with Crippen molar-refractivity contribution in [1.82, 2.24) is 24.9 Å². The zero-order chi connectivity index (χ0) is 17.0. The maximum atomic E-state index is 11.9. The van der Waals surface area contributed by atoms with Gasteiger partial charge >= 0.3 is 0 Å². The monoisotopic (exact) mass is 449 g/mol. The quantitative estimate of drug-likeness (QED) is 0.522. The van der Waals surface area contributed by atoms with E-state index in [1.807, 2.05) is 36.3 Å². The number of aryl methyl sites for hydroxylation is 3.